The summed E-state index contributed by atoms with van der Waals surface area (Å²) in [5, 5.41) is 25.9. The number of ketones is 3. The van der Waals surface area contributed by atoms with Crippen LogP contribution in [-0.4, -0.2) is 180 Å². The minimum Gasteiger partial charge on any atom is -0.461 e. The first-order chi connectivity index (χ1) is 55.9. The molecule has 6 aromatic rings. The number of ether oxygens (including phenoxy) is 12. The largest absolute Gasteiger partial charge is 0.461 e. The van der Waals surface area contributed by atoms with E-state index in [4.69, 9.17) is 88.3 Å². The maximum Gasteiger partial charge on any atom is 0.356 e. The number of benzene rings is 1. The van der Waals surface area contributed by atoms with E-state index in [1.807, 2.05) is 63.4 Å². The zero-order valence-electron chi connectivity index (χ0n) is 69.5. The molecule has 4 N–H and O–H groups in total. The average molecular weight is 1680 g/mol. The van der Waals surface area contributed by atoms with Crippen LogP contribution in [0.15, 0.2) is 144 Å². The molecule has 5 aliphatic heterocycles. The third-order valence-corrected chi connectivity index (χ3v) is 17.8. The number of allylic oxidation sites excluding steroid dienone is 3. The Bertz CT molecular complexity index is 3710. The van der Waals surface area contributed by atoms with Gasteiger partial charge >= 0.3 is 5.97 Å². The van der Waals surface area contributed by atoms with E-state index in [0.717, 1.165) is 144 Å². The second kappa shape index (κ2) is 65.4. The van der Waals surface area contributed by atoms with Crippen molar-refractivity contribution in [3.05, 3.63) is 201 Å². The fourth-order valence-electron chi connectivity index (χ4n) is 10.1. The number of carbonyl (C=O) groups excluding carboxylic acids is 4. The van der Waals surface area contributed by atoms with Gasteiger partial charge in [0.2, 0.25) is 0 Å². The number of halogens is 1. The molecule has 5 unspecified atom stereocenters. The highest BCUT2D eigenvalue weighted by molar-refractivity contribution is 7.85. The van der Waals surface area contributed by atoms with E-state index in [-0.39, 0.29) is 86.6 Å². The molecule has 5 fully saturated rings. The molecule has 11 rings (SSSR count). The Morgan fingerprint density at radius 3 is 1.15 bits per heavy atom. The van der Waals surface area contributed by atoms with Crippen molar-refractivity contribution in [3.8, 4) is 0 Å². The van der Waals surface area contributed by atoms with Crippen LogP contribution in [0.3, 0.4) is 0 Å². The fourth-order valence-corrected chi connectivity index (χ4v) is 10.9. The SMILES string of the molecule is C.CC(=O)c1ccc(CO)nc1.CC(=O)c1ccc(COC2CCCCO2)nc1.CC(C)=CCCl.CC(C)=CCOCc1ccc(COC2CCCCO2)nc1.CCCOC1CCCCO1.CCOC(=O)c1ccc(C(C)=O)cn1.Cc1ccc(S(=O)(=O)O)cc1.OCCOC1CCCCO1.OCc1ccc(COC2CCCCO2)nc1. The Hall–Kier alpha value is -7.43. The molecule has 0 radical (unpaired) electrons. The number of hydrogen-bond acceptors (Lipinski definition) is 26. The van der Waals surface area contributed by atoms with Crippen molar-refractivity contribution >= 4 is 45.0 Å². The fraction of sp³-hybridized carbons (Fsp3) is 0.557. The van der Waals surface area contributed by atoms with Gasteiger partial charge in [0.1, 0.15) is 5.69 Å². The number of hydrogen-bond donors (Lipinski definition) is 4. The molecule has 5 saturated heterocycles. The van der Waals surface area contributed by atoms with E-state index >= 15 is 0 Å². The highest BCUT2D eigenvalue weighted by Gasteiger charge is 2.19. The Morgan fingerprint density at radius 2 is 0.846 bits per heavy atom. The predicted molar refractivity (Wildman–Crippen MR) is 448 cm³/mol. The number of aliphatic hydroxyl groups is 3. The molecule has 10 heterocycles. The number of carbonyl (C=O) groups is 4. The van der Waals surface area contributed by atoms with Crippen LogP contribution in [0, 0.1) is 6.92 Å². The van der Waals surface area contributed by atoms with E-state index in [2.05, 4.69) is 51.8 Å². The summed E-state index contributed by atoms with van der Waals surface area (Å²) in [7, 11) is -4.02. The molecule has 0 bridgehead atoms. The van der Waals surface area contributed by atoms with E-state index < -0.39 is 16.1 Å². The summed E-state index contributed by atoms with van der Waals surface area (Å²) in [6.07, 6.45) is 29.5. The molecule has 0 saturated carbocycles. The molecule has 652 valence electrons. The summed E-state index contributed by atoms with van der Waals surface area (Å²) < 4.78 is 94.4. The summed E-state index contributed by atoms with van der Waals surface area (Å²) in [5.41, 5.74) is 10.5. The zero-order valence-corrected chi connectivity index (χ0v) is 71.1. The van der Waals surface area contributed by atoms with Crippen LogP contribution in [0.2, 0.25) is 0 Å². The minimum atomic E-state index is -4.02. The van der Waals surface area contributed by atoms with Crippen molar-refractivity contribution in [2.45, 2.75) is 255 Å². The molecule has 5 aliphatic rings. The number of Topliss-reactive ketones (excluding diaryl/α,β-unsaturated/α-hetero) is 3. The Balaban J connectivity index is 0.000000453. The summed E-state index contributed by atoms with van der Waals surface area (Å²) in [5.74, 6) is 0.112. The van der Waals surface area contributed by atoms with Crippen LogP contribution in [0.5, 0.6) is 0 Å². The van der Waals surface area contributed by atoms with Crippen LogP contribution in [-0.2, 0) is 107 Å². The van der Waals surface area contributed by atoms with E-state index in [1.54, 1.807) is 55.7 Å². The number of esters is 1. The second-order valence-electron chi connectivity index (χ2n) is 27.4. The number of alkyl halides is 1. The molecule has 5 aromatic heterocycles. The topological polar surface area (TPSA) is 359 Å². The van der Waals surface area contributed by atoms with Gasteiger partial charge in [0, 0.05) is 93.2 Å². The van der Waals surface area contributed by atoms with Crippen molar-refractivity contribution in [1.82, 2.24) is 24.9 Å². The van der Waals surface area contributed by atoms with Gasteiger partial charge in [0.25, 0.3) is 10.1 Å². The van der Waals surface area contributed by atoms with E-state index in [1.165, 1.54) is 94.6 Å². The van der Waals surface area contributed by atoms with Gasteiger partial charge < -0.3 is 72.2 Å². The molecule has 29 heteroatoms. The summed E-state index contributed by atoms with van der Waals surface area (Å²) in [6.45, 7) is 26.6. The normalized spacial score (nSPS) is 17.2. The second-order valence-corrected chi connectivity index (χ2v) is 29.2. The number of rotatable bonds is 28. The Kier molecular flexibility index (Phi) is 59.1. The van der Waals surface area contributed by atoms with E-state index in [0.29, 0.717) is 74.5 Å². The van der Waals surface area contributed by atoms with Gasteiger partial charge in [-0.15, -0.1) is 11.6 Å². The molecule has 0 spiro atoms. The lowest BCUT2D eigenvalue weighted by atomic mass is 10.2. The maximum atomic E-state index is 11.2. The van der Waals surface area contributed by atoms with Crippen molar-refractivity contribution < 1.29 is 104 Å². The van der Waals surface area contributed by atoms with Gasteiger partial charge in [-0.05, 0) is 237 Å². The molecular formula is C88H130ClN5O22S. The third kappa shape index (κ3) is 51.6. The van der Waals surface area contributed by atoms with Gasteiger partial charge in [0.05, 0.1) is 93.7 Å². The third-order valence-electron chi connectivity index (χ3n) is 16.8. The number of aliphatic hydroxyl groups excluding tert-OH is 3. The molecule has 5 atom stereocenters. The first-order valence-electron chi connectivity index (χ1n) is 39.8. The van der Waals surface area contributed by atoms with Crippen LogP contribution < -0.4 is 0 Å². The lowest BCUT2D eigenvalue weighted by Crippen LogP contribution is -2.23. The van der Waals surface area contributed by atoms with Gasteiger partial charge in [-0.1, -0.05) is 67.5 Å². The molecule has 1 aromatic carbocycles. The quantitative estimate of drug-likeness (QED) is 0.00885. The standard InChI is InChI=1S/C17H25NO3.C13H17NO3.C12H17NO3.C10H11NO3.C8H9NO2.C8H16O2.C7H8O3S.C7H14O3.C5H9Cl.CH4/c1-14(2)8-10-19-12-15-6-7-16(18-11-15)13-21-17-5-3-4-9-20-17;1-10(15)11-5-6-12(14-8-11)9-17-13-4-2-3-7-16-13;14-8-10-4-5-11(13-7-10)9-16-12-3-1-2-6-15-12;1-3-14-10(13)9-5-4-8(6-11-9)7(2)12;1-6(11)7-2-3-8(5-10)9-4-7;1-2-6-9-8-5-3-4-7-10-8;1-6-2-4-7(5-3-6)11(8,9)10;8-4-6-10-7-3-1-2-5-9-7;1-5(2)3-4-6;/h6-8,11,17H,3-5,9-10,12-13H2,1-2H3;5-6,8,13H,2-4,7,9H2,1H3;4-5,7,12,14H,1-3,6,8-9H2;4-6H,3H2,1-2H3;2-4,10H,5H2,1H3;8H,2-7H2,1H3;2-5H,1H3,(H,8,9,10);7-8H,1-6H2;3H,4H2,1-2H3;1H4. The van der Waals surface area contributed by atoms with Gasteiger partial charge in [-0.2, -0.15) is 8.42 Å². The highest BCUT2D eigenvalue weighted by atomic mass is 35.5. The first kappa shape index (κ1) is 106. The Labute approximate surface area is 699 Å². The smallest absolute Gasteiger partial charge is 0.356 e. The predicted octanol–water partition coefficient (Wildman–Crippen LogP) is 16.3. The lowest BCUT2D eigenvalue weighted by Gasteiger charge is -2.22. The number of aryl methyl sites for hydroxylation is 1. The van der Waals surface area contributed by atoms with Gasteiger partial charge in [0.15, 0.2) is 48.8 Å². The van der Waals surface area contributed by atoms with Gasteiger partial charge in [-0.25, -0.2) is 9.78 Å². The van der Waals surface area contributed by atoms with Crippen molar-refractivity contribution in [3.63, 3.8) is 0 Å². The van der Waals surface area contributed by atoms with Crippen LogP contribution in [0.4, 0.5) is 0 Å². The summed E-state index contributed by atoms with van der Waals surface area (Å²) >= 11 is 5.32. The van der Waals surface area contributed by atoms with Crippen LogP contribution in [0.1, 0.15) is 254 Å². The van der Waals surface area contributed by atoms with Crippen molar-refractivity contribution in [2.75, 3.05) is 71.9 Å². The average Bonchev–Trinajstić information content (AvgIpc) is 0.871. The summed E-state index contributed by atoms with van der Waals surface area (Å²) in [4.78, 5) is 64.2. The maximum absolute atomic E-state index is 11.2. The van der Waals surface area contributed by atoms with Crippen molar-refractivity contribution in [2.24, 2.45) is 0 Å². The molecule has 117 heavy (non-hydrogen) atoms. The number of pyridine rings is 5. The number of nitrogens with zero attached hydrogens (tertiary/aromatic N) is 5. The lowest BCUT2D eigenvalue weighted by molar-refractivity contribution is -0.169. The van der Waals surface area contributed by atoms with E-state index in [9.17, 15) is 27.6 Å². The molecule has 27 nitrogen and oxygen atoms in total. The van der Waals surface area contributed by atoms with Crippen molar-refractivity contribution in [1.29, 1.82) is 0 Å². The molecular weight excluding hydrogens is 1550 g/mol. The molecule has 0 aliphatic carbocycles. The highest BCUT2D eigenvalue weighted by Crippen LogP contribution is 2.20. The monoisotopic (exact) mass is 1680 g/mol. The summed E-state index contributed by atoms with van der Waals surface area (Å²) in [6, 6.07) is 23.7. The van der Waals surface area contributed by atoms with Crippen LogP contribution >= 0.6 is 11.6 Å². The number of aromatic nitrogens is 5. The van der Waals surface area contributed by atoms with Crippen LogP contribution in [0.25, 0.3) is 0 Å². The molecule has 0 amide bonds. The zero-order chi connectivity index (χ0) is 85.0. The van der Waals surface area contributed by atoms with Gasteiger partial charge in [-0.3, -0.25) is 38.9 Å². The Morgan fingerprint density at radius 1 is 0.462 bits per heavy atom. The minimum absolute atomic E-state index is 0. The first-order valence-corrected chi connectivity index (χ1v) is 41.7.